The number of β-lactam (4-membered cyclic amide) rings is 1. The zero-order chi connectivity index (χ0) is 21.0. The molecule has 1 saturated heterocycles. The highest BCUT2D eigenvalue weighted by Crippen LogP contribution is 2.37. The number of ether oxygens (including phenoxy) is 1. The Hall–Kier alpha value is -2.60. The van der Waals surface area contributed by atoms with Gasteiger partial charge in [0.15, 0.2) is 10.8 Å². The van der Waals surface area contributed by atoms with Gasteiger partial charge in [-0.3, -0.25) is 14.5 Å². The average Bonchev–Trinajstić information content (AvgIpc) is 3.15. The summed E-state index contributed by atoms with van der Waals surface area (Å²) in [6.07, 6.45) is 3.32. The van der Waals surface area contributed by atoms with Crippen LogP contribution in [0.1, 0.15) is 25.5 Å². The summed E-state index contributed by atoms with van der Waals surface area (Å²) < 4.78 is 5.22. The topological polar surface area (TPSA) is 136 Å². The lowest BCUT2D eigenvalue weighted by atomic mass is 10.0. The Morgan fingerprint density at radius 1 is 1.48 bits per heavy atom. The maximum Gasteiger partial charge on any atom is 0.354 e. The molecule has 2 amide bonds. The summed E-state index contributed by atoms with van der Waals surface area (Å²) in [4.78, 5) is 47.7. The molecule has 1 aromatic rings. The second kappa shape index (κ2) is 9.27. The Morgan fingerprint density at radius 3 is 2.93 bits per heavy atom. The van der Waals surface area contributed by atoms with Crippen LogP contribution < -0.4 is 11.1 Å². The van der Waals surface area contributed by atoms with E-state index in [2.05, 4.69) is 15.5 Å². The zero-order valence-electron chi connectivity index (χ0n) is 15.9. The van der Waals surface area contributed by atoms with Crippen molar-refractivity contribution >= 4 is 51.7 Å². The molecule has 0 spiro atoms. The van der Waals surface area contributed by atoms with Gasteiger partial charge in [-0.1, -0.05) is 18.5 Å². The largest absolute Gasteiger partial charge is 0.461 e. The number of oxime groups is 1. The van der Waals surface area contributed by atoms with E-state index in [-0.39, 0.29) is 28.1 Å². The van der Waals surface area contributed by atoms with Crippen LogP contribution in [0, 0.1) is 0 Å². The fraction of sp³-hybridized carbons (Fsp3) is 0.471. The van der Waals surface area contributed by atoms with Crippen LogP contribution in [0.5, 0.6) is 0 Å². The molecule has 2 aliphatic heterocycles. The van der Waals surface area contributed by atoms with Gasteiger partial charge < -0.3 is 20.6 Å². The first-order chi connectivity index (χ1) is 14.0. The number of anilines is 1. The van der Waals surface area contributed by atoms with Gasteiger partial charge >= 0.3 is 5.97 Å². The minimum atomic E-state index is -0.794. The van der Waals surface area contributed by atoms with Gasteiger partial charge in [-0.05, 0) is 12.5 Å². The summed E-state index contributed by atoms with van der Waals surface area (Å²) in [5.74, 6) is -0.997. The molecule has 1 fully saturated rings. The molecule has 2 aliphatic rings. The van der Waals surface area contributed by atoms with Crippen LogP contribution >= 0.6 is 23.1 Å². The maximum atomic E-state index is 12.7. The van der Waals surface area contributed by atoms with E-state index in [4.69, 9.17) is 15.3 Å². The summed E-state index contributed by atoms with van der Waals surface area (Å²) in [5, 5.41) is 7.82. The van der Waals surface area contributed by atoms with Gasteiger partial charge in [0.1, 0.15) is 29.9 Å². The number of amides is 2. The Labute approximate surface area is 175 Å². The Morgan fingerprint density at radius 2 is 2.28 bits per heavy atom. The maximum absolute atomic E-state index is 12.7. The van der Waals surface area contributed by atoms with Gasteiger partial charge in [-0.2, -0.15) is 0 Å². The smallest absolute Gasteiger partial charge is 0.354 e. The molecule has 3 N–H and O–H groups in total. The second-order valence-electron chi connectivity index (χ2n) is 6.16. The van der Waals surface area contributed by atoms with Crippen LogP contribution in [0.3, 0.4) is 0 Å². The standard InChI is InChI=1S/C17H21N5O5S2/c1-3-4-6-27-16(25)10-5-7-28-15-12(14(24)22(10)15)20-13(23)11(21-26-2)9-8-29-17(18)19-9/h5,8,12,15H,3-4,6-7H2,1-2H3,(H2,18,19)(H,20,23)/b21-11+. The van der Waals surface area contributed by atoms with Crippen molar-refractivity contribution in [3.63, 3.8) is 0 Å². The molecule has 0 aromatic carbocycles. The summed E-state index contributed by atoms with van der Waals surface area (Å²) in [5.41, 5.74) is 6.01. The number of hydrogen-bond acceptors (Lipinski definition) is 10. The van der Waals surface area contributed by atoms with Gasteiger partial charge in [0, 0.05) is 11.1 Å². The Bertz CT molecular complexity index is 868. The Kier molecular flexibility index (Phi) is 6.75. The molecule has 2 atom stereocenters. The predicted octanol–water partition coefficient (Wildman–Crippen LogP) is 0.703. The predicted molar refractivity (Wildman–Crippen MR) is 109 cm³/mol. The molecule has 2 unspecified atom stereocenters. The van der Waals surface area contributed by atoms with Crippen molar-refractivity contribution in [3.8, 4) is 0 Å². The number of thioether (sulfide) groups is 1. The number of unbranched alkanes of at least 4 members (excludes halogenated alkanes) is 1. The van der Waals surface area contributed by atoms with Crippen molar-refractivity contribution in [1.29, 1.82) is 0 Å². The molecule has 3 heterocycles. The molecule has 1 aromatic heterocycles. The van der Waals surface area contributed by atoms with E-state index in [1.54, 1.807) is 11.5 Å². The first-order valence-electron chi connectivity index (χ1n) is 8.93. The minimum Gasteiger partial charge on any atom is -0.461 e. The first kappa shape index (κ1) is 21.1. The highest BCUT2D eigenvalue weighted by molar-refractivity contribution is 8.00. The number of nitrogen functional groups attached to an aromatic ring is 1. The van der Waals surface area contributed by atoms with E-state index in [0.717, 1.165) is 24.2 Å². The third kappa shape index (κ3) is 4.37. The van der Waals surface area contributed by atoms with Crippen LogP contribution in [-0.2, 0) is 24.0 Å². The first-order valence-corrected chi connectivity index (χ1v) is 10.9. The minimum absolute atomic E-state index is 0.0812. The number of hydrogen-bond donors (Lipinski definition) is 2. The number of nitrogens with zero attached hydrogens (tertiary/aromatic N) is 3. The molecule has 0 radical (unpaired) electrons. The van der Waals surface area contributed by atoms with Gasteiger partial charge in [-0.25, -0.2) is 9.78 Å². The van der Waals surface area contributed by atoms with E-state index >= 15 is 0 Å². The normalized spacial score (nSPS) is 21.0. The van der Waals surface area contributed by atoms with Crippen LogP contribution in [-0.4, -0.2) is 64.3 Å². The van der Waals surface area contributed by atoms with Crippen molar-refractivity contribution in [1.82, 2.24) is 15.2 Å². The quantitative estimate of drug-likeness (QED) is 0.199. The van der Waals surface area contributed by atoms with Crippen LogP contribution in [0.25, 0.3) is 0 Å². The van der Waals surface area contributed by atoms with E-state index in [9.17, 15) is 14.4 Å². The van der Waals surface area contributed by atoms with E-state index in [1.807, 2.05) is 6.92 Å². The third-order valence-electron chi connectivity index (χ3n) is 4.24. The van der Waals surface area contributed by atoms with Crippen molar-refractivity contribution in [3.05, 3.63) is 22.8 Å². The zero-order valence-corrected chi connectivity index (χ0v) is 17.5. The molecule has 29 heavy (non-hydrogen) atoms. The number of thiazole rings is 1. The number of esters is 1. The summed E-state index contributed by atoms with van der Waals surface area (Å²) >= 11 is 2.60. The molecule has 0 saturated carbocycles. The van der Waals surface area contributed by atoms with Crippen molar-refractivity contribution in [2.24, 2.45) is 5.16 Å². The van der Waals surface area contributed by atoms with Crippen LogP contribution in [0.2, 0.25) is 0 Å². The van der Waals surface area contributed by atoms with Crippen LogP contribution in [0.15, 0.2) is 22.3 Å². The number of nitrogens with two attached hydrogens (primary N) is 1. The van der Waals surface area contributed by atoms with Gasteiger partial charge in [0.25, 0.3) is 11.8 Å². The summed E-state index contributed by atoms with van der Waals surface area (Å²) in [7, 11) is 1.30. The Balaban J connectivity index is 1.67. The molecule has 10 nitrogen and oxygen atoms in total. The molecular weight excluding hydrogens is 418 g/mol. The monoisotopic (exact) mass is 439 g/mol. The lowest BCUT2D eigenvalue weighted by Gasteiger charge is -2.48. The van der Waals surface area contributed by atoms with Crippen LogP contribution in [0.4, 0.5) is 5.13 Å². The molecule has 0 aliphatic carbocycles. The van der Waals surface area contributed by atoms with E-state index < -0.39 is 23.3 Å². The van der Waals surface area contributed by atoms with Gasteiger partial charge in [0.2, 0.25) is 0 Å². The number of fused-ring (bicyclic) bond motifs is 1. The fourth-order valence-electron chi connectivity index (χ4n) is 2.81. The summed E-state index contributed by atoms with van der Waals surface area (Å²) in [6.45, 7) is 2.30. The lowest BCUT2D eigenvalue weighted by Crippen LogP contribution is -2.70. The average molecular weight is 440 g/mol. The molecule has 156 valence electrons. The van der Waals surface area contributed by atoms with E-state index in [0.29, 0.717) is 12.4 Å². The van der Waals surface area contributed by atoms with Crippen molar-refractivity contribution < 1.29 is 24.0 Å². The van der Waals surface area contributed by atoms with Gasteiger partial charge in [-0.15, -0.1) is 23.1 Å². The van der Waals surface area contributed by atoms with Crippen molar-refractivity contribution in [2.75, 3.05) is 25.2 Å². The van der Waals surface area contributed by atoms with Crippen molar-refractivity contribution in [2.45, 2.75) is 31.2 Å². The number of nitrogens with one attached hydrogen (secondary N) is 1. The highest BCUT2D eigenvalue weighted by Gasteiger charge is 2.53. The van der Waals surface area contributed by atoms with E-state index in [1.165, 1.54) is 23.8 Å². The number of aromatic nitrogens is 1. The highest BCUT2D eigenvalue weighted by atomic mass is 32.2. The molecular formula is C17H21N5O5S2. The SMILES string of the molecule is CCCCOC(=O)C1=CCSC2C(NC(=O)/C(=N/OC)c3csc(N)n3)C(=O)N12. The molecule has 3 rings (SSSR count). The van der Waals surface area contributed by atoms with Gasteiger partial charge in [0.05, 0.1) is 6.61 Å². The fourth-order valence-corrected chi connectivity index (χ4v) is 4.56. The number of carbonyl (C=O) groups excluding carboxylic acids is 3. The lowest BCUT2D eigenvalue weighted by molar-refractivity contribution is -0.152. The second-order valence-corrected chi connectivity index (χ2v) is 8.19. The number of rotatable bonds is 8. The number of carbonyl (C=O) groups is 3. The third-order valence-corrected chi connectivity index (χ3v) is 6.09. The molecule has 12 heteroatoms. The summed E-state index contributed by atoms with van der Waals surface area (Å²) in [6, 6.07) is -0.794. The molecule has 0 bridgehead atoms.